The maximum absolute atomic E-state index is 5.90. The zero-order chi connectivity index (χ0) is 18.5. The van der Waals surface area contributed by atoms with Gasteiger partial charge in [-0.05, 0) is 71.2 Å². The molecule has 0 N–H and O–H groups in total. The molecule has 0 saturated carbocycles. The number of benzene rings is 2. The second-order valence-electron chi connectivity index (χ2n) is 7.91. The van der Waals surface area contributed by atoms with Crippen molar-refractivity contribution >= 4 is 5.57 Å². The molecule has 1 aliphatic carbocycles. The SMILES string of the molecule is CC(C)COc1ccc(C2=CCCc3cc(OCC(C)C)ccc32)cc1. The molecule has 0 radical (unpaired) electrons. The predicted molar refractivity (Wildman–Crippen MR) is 109 cm³/mol. The molecule has 0 heterocycles. The van der Waals surface area contributed by atoms with Gasteiger partial charge in [0.05, 0.1) is 13.2 Å². The van der Waals surface area contributed by atoms with Crippen molar-refractivity contribution in [1.82, 2.24) is 0 Å². The smallest absolute Gasteiger partial charge is 0.119 e. The lowest BCUT2D eigenvalue weighted by Crippen LogP contribution is -2.06. The highest BCUT2D eigenvalue weighted by Gasteiger charge is 2.15. The third-order valence-corrected chi connectivity index (χ3v) is 4.46. The van der Waals surface area contributed by atoms with Gasteiger partial charge in [-0.2, -0.15) is 0 Å². The van der Waals surface area contributed by atoms with Crippen molar-refractivity contribution in [3.05, 3.63) is 65.2 Å². The van der Waals surface area contributed by atoms with Gasteiger partial charge in [0, 0.05) is 0 Å². The highest BCUT2D eigenvalue weighted by Crippen LogP contribution is 2.34. The largest absolute Gasteiger partial charge is 0.493 e. The Morgan fingerprint density at radius 3 is 2.08 bits per heavy atom. The first-order valence-electron chi connectivity index (χ1n) is 9.72. The van der Waals surface area contributed by atoms with Crippen LogP contribution >= 0.6 is 0 Å². The van der Waals surface area contributed by atoms with Crippen LogP contribution in [0.3, 0.4) is 0 Å². The molecule has 138 valence electrons. The first-order valence-corrected chi connectivity index (χ1v) is 9.72. The Balaban J connectivity index is 1.77. The second-order valence-corrected chi connectivity index (χ2v) is 7.91. The molecule has 0 amide bonds. The minimum atomic E-state index is 0.537. The van der Waals surface area contributed by atoms with Gasteiger partial charge in [0.15, 0.2) is 0 Å². The van der Waals surface area contributed by atoms with E-state index in [1.807, 2.05) is 0 Å². The number of hydrogen-bond acceptors (Lipinski definition) is 2. The van der Waals surface area contributed by atoms with Gasteiger partial charge in [-0.3, -0.25) is 0 Å². The number of fused-ring (bicyclic) bond motifs is 1. The molecule has 2 aromatic rings. The van der Waals surface area contributed by atoms with Gasteiger partial charge >= 0.3 is 0 Å². The zero-order valence-electron chi connectivity index (χ0n) is 16.4. The van der Waals surface area contributed by atoms with Crippen molar-refractivity contribution < 1.29 is 9.47 Å². The summed E-state index contributed by atoms with van der Waals surface area (Å²) in [5.41, 5.74) is 5.27. The van der Waals surface area contributed by atoms with Crippen LogP contribution in [0.2, 0.25) is 0 Å². The average Bonchev–Trinajstić information content (AvgIpc) is 2.64. The molecule has 0 fully saturated rings. The normalized spacial score (nSPS) is 13.5. The fraction of sp³-hybridized carbons (Fsp3) is 0.417. The summed E-state index contributed by atoms with van der Waals surface area (Å²) in [7, 11) is 0. The van der Waals surface area contributed by atoms with E-state index >= 15 is 0 Å². The maximum Gasteiger partial charge on any atom is 0.119 e. The second kappa shape index (κ2) is 8.44. The van der Waals surface area contributed by atoms with Crippen molar-refractivity contribution in [3.8, 4) is 11.5 Å². The molecule has 0 aromatic heterocycles. The first kappa shape index (κ1) is 18.6. The molecule has 0 bridgehead atoms. The highest BCUT2D eigenvalue weighted by molar-refractivity contribution is 5.83. The van der Waals surface area contributed by atoms with Crippen LogP contribution in [0, 0.1) is 11.8 Å². The number of hydrogen-bond donors (Lipinski definition) is 0. The minimum absolute atomic E-state index is 0.537. The van der Waals surface area contributed by atoms with Crippen LogP contribution in [0.4, 0.5) is 0 Å². The van der Waals surface area contributed by atoms with Gasteiger partial charge in [0.1, 0.15) is 11.5 Å². The lowest BCUT2D eigenvalue weighted by Gasteiger charge is -2.20. The third kappa shape index (κ3) is 4.69. The standard InChI is InChI=1S/C24H30O2/c1-17(2)15-25-21-10-8-19(9-11-21)23-7-5-6-20-14-22(12-13-24(20)23)26-16-18(3)4/h7-14,17-18H,5-6,15-16H2,1-4H3. The molecular weight excluding hydrogens is 320 g/mol. The van der Waals surface area contributed by atoms with Gasteiger partial charge in [0.2, 0.25) is 0 Å². The topological polar surface area (TPSA) is 18.5 Å². The van der Waals surface area contributed by atoms with Crippen LogP contribution in [0.1, 0.15) is 50.8 Å². The summed E-state index contributed by atoms with van der Waals surface area (Å²) >= 11 is 0. The molecule has 3 rings (SSSR count). The van der Waals surface area contributed by atoms with Gasteiger partial charge in [-0.15, -0.1) is 0 Å². The van der Waals surface area contributed by atoms with E-state index in [9.17, 15) is 0 Å². The summed E-state index contributed by atoms with van der Waals surface area (Å²) in [6.07, 6.45) is 4.50. The van der Waals surface area contributed by atoms with Crippen molar-refractivity contribution in [2.75, 3.05) is 13.2 Å². The molecule has 0 saturated heterocycles. The van der Waals surface area contributed by atoms with E-state index in [1.54, 1.807) is 0 Å². The predicted octanol–water partition coefficient (Wildman–Crippen LogP) is 6.13. The third-order valence-electron chi connectivity index (χ3n) is 4.46. The van der Waals surface area contributed by atoms with Crippen molar-refractivity contribution in [1.29, 1.82) is 0 Å². The fourth-order valence-corrected chi connectivity index (χ4v) is 3.14. The maximum atomic E-state index is 5.90. The lowest BCUT2D eigenvalue weighted by molar-refractivity contribution is 0.271. The van der Waals surface area contributed by atoms with Crippen LogP contribution in [-0.2, 0) is 6.42 Å². The number of aryl methyl sites for hydroxylation is 1. The molecular formula is C24H30O2. The Bertz CT molecular complexity index is 754. The van der Waals surface area contributed by atoms with Crippen molar-refractivity contribution in [3.63, 3.8) is 0 Å². The number of allylic oxidation sites excluding steroid dienone is 1. The number of ether oxygens (including phenoxy) is 2. The molecule has 0 spiro atoms. The van der Waals surface area contributed by atoms with Crippen molar-refractivity contribution in [2.45, 2.75) is 40.5 Å². The van der Waals surface area contributed by atoms with E-state index in [2.05, 4.69) is 76.2 Å². The van der Waals surface area contributed by atoms with Gasteiger partial charge in [-0.1, -0.05) is 52.0 Å². The van der Waals surface area contributed by atoms with E-state index in [0.717, 1.165) is 37.6 Å². The van der Waals surface area contributed by atoms with Crippen LogP contribution in [0.15, 0.2) is 48.5 Å². The Labute approximate surface area is 157 Å². The van der Waals surface area contributed by atoms with Crippen LogP contribution in [-0.4, -0.2) is 13.2 Å². The van der Waals surface area contributed by atoms with Gasteiger partial charge in [0.25, 0.3) is 0 Å². The monoisotopic (exact) mass is 350 g/mol. The van der Waals surface area contributed by atoms with Crippen LogP contribution in [0.5, 0.6) is 11.5 Å². The van der Waals surface area contributed by atoms with E-state index in [0.29, 0.717) is 11.8 Å². The molecule has 2 aromatic carbocycles. The molecule has 0 atom stereocenters. The van der Waals surface area contributed by atoms with E-state index in [1.165, 1.54) is 22.3 Å². The lowest BCUT2D eigenvalue weighted by atomic mass is 9.87. The number of rotatable bonds is 7. The summed E-state index contributed by atoms with van der Waals surface area (Å²) in [6, 6.07) is 15.0. The Morgan fingerprint density at radius 1 is 0.808 bits per heavy atom. The Hall–Kier alpha value is -2.22. The summed E-state index contributed by atoms with van der Waals surface area (Å²) in [5, 5.41) is 0. The first-order chi connectivity index (χ1) is 12.5. The van der Waals surface area contributed by atoms with E-state index < -0.39 is 0 Å². The quantitative estimate of drug-likeness (QED) is 0.597. The van der Waals surface area contributed by atoms with Crippen molar-refractivity contribution in [2.24, 2.45) is 11.8 Å². The Kier molecular flexibility index (Phi) is 6.03. The zero-order valence-corrected chi connectivity index (χ0v) is 16.4. The molecule has 1 aliphatic rings. The molecule has 0 unspecified atom stereocenters. The van der Waals surface area contributed by atoms with E-state index in [4.69, 9.17) is 9.47 Å². The fourth-order valence-electron chi connectivity index (χ4n) is 3.14. The van der Waals surface area contributed by atoms with Gasteiger partial charge in [-0.25, -0.2) is 0 Å². The summed E-state index contributed by atoms with van der Waals surface area (Å²) in [6.45, 7) is 10.2. The summed E-state index contributed by atoms with van der Waals surface area (Å²) in [5.74, 6) is 3.00. The molecule has 2 nitrogen and oxygen atoms in total. The highest BCUT2D eigenvalue weighted by atomic mass is 16.5. The molecule has 2 heteroatoms. The molecule has 0 aliphatic heterocycles. The van der Waals surface area contributed by atoms with Crippen LogP contribution in [0.25, 0.3) is 5.57 Å². The van der Waals surface area contributed by atoms with E-state index in [-0.39, 0.29) is 0 Å². The Morgan fingerprint density at radius 2 is 1.42 bits per heavy atom. The molecule has 26 heavy (non-hydrogen) atoms. The van der Waals surface area contributed by atoms with Gasteiger partial charge < -0.3 is 9.47 Å². The minimum Gasteiger partial charge on any atom is -0.493 e. The summed E-state index contributed by atoms with van der Waals surface area (Å²) < 4.78 is 11.7. The average molecular weight is 351 g/mol. The van der Waals surface area contributed by atoms with Crippen LogP contribution < -0.4 is 9.47 Å². The summed E-state index contributed by atoms with van der Waals surface area (Å²) in [4.78, 5) is 0.